The maximum atomic E-state index is 12.6. The minimum absolute atomic E-state index is 0.0693. The van der Waals surface area contributed by atoms with Gasteiger partial charge in [0.25, 0.3) is 0 Å². The molecular formula is C16H26N2O4. The Balaban J connectivity index is 1.85. The zero-order valence-corrected chi connectivity index (χ0v) is 13.5. The number of hydrogen-bond acceptors (Lipinski definition) is 4. The summed E-state index contributed by atoms with van der Waals surface area (Å²) in [6.07, 6.45) is 4.63. The van der Waals surface area contributed by atoms with Gasteiger partial charge in [0, 0.05) is 5.92 Å². The SMILES string of the molecule is CCCCCC(C)c1c(O)n(CC2CO2)c(=O)n1CC1CO1. The highest BCUT2D eigenvalue weighted by molar-refractivity contribution is 5.25. The first-order chi connectivity index (χ1) is 10.6. The lowest BCUT2D eigenvalue weighted by Crippen LogP contribution is -2.28. The summed E-state index contributed by atoms with van der Waals surface area (Å²) in [5.74, 6) is 0.282. The molecule has 0 spiro atoms. The molecular weight excluding hydrogens is 284 g/mol. The molecule has 2 aliphatic rings. The second kappa shape index (κ2) is 6.46. The fourth-order valence-electron chi connectivity index (χ4n) is 3.02. The molecule has 0 radical (unpaired) electrons. The van der Waals surface area contributed by atoms with Gasteiger partial charge in [0.15, 0.2) is 0 Å². The first kappa shape index (κ1) is 15.6. The van der Waals surface area contributed by atoms with Gasteiger partial charge in [0.1, 0.15) is 0 Å². The van der Waals surface area contributed by atoms with Crippen molar-refractivity contribution in [1.29, 1.82) is 0 Å². The molecule has 0 aliphatic carbocycles. The predicted molar refractivity (Wildman–Crippen MR) is 82.4 cm³/mol. The Bertz CT molecular complexity index is 569. The van der Waals surface area contributed by atoms with E-state index in [-0.39, 0.29) is 29.7 Å². The van der Waals surface area contributed by atoms with Crippen molar-refractivity contribution < 1.29 is 14.6 Å². The molecule has 3 rings (SSSR count). The molecule has 3 atom stereocenters. The van der Waals surface area contributed by atoms with Crippen molar-refractivity contribution in [2.24, 2.45) is 0 Å². The van der Waals surface area contributed by atoms with Gasteiger partial charge < -0.3 is 14.6 Å². The van der Waals surface area contributed by atoms with Gasteiger partial charge in [-0.2, -0.15) is 0 Å². The Morgan fingerprint density at radius 1 is 1.18 bits per heavy atom. The van der Waals surface area contributed by atoms with E-state index in [0.29, 0.717) is 26.3 Å². The van der Waals surface area contributed by atoms with E-state index in [9.17, 15) is 9.90 Å². The van der Waals surface area contributed by atoms with Crippen LogP contribution in [0, 0.1) is 0 Å². The van der Waals surface area contributed by atoms with Crippen LogP contribution in [0.25, 0.3) is 0 Å². The topological polar surface area (TPSA) is 72.2 Å². The van der Waals surface area contributed by atoms with Crippen LogP contribution in [-0.2, 0) is 22.6 Å². The van der Waals surface area contributed by atoms with Gasteiger partial charge >= 0.3 is 5.69 Å². The molecule has 1 N–H and O–H groups in total. The van der Waals surface area contributed by atoms with Crippen molar-refractivity contribution in [2.45, 2.75) is 70.7 Å². The van der Waals surface area contributed by atoms with Gasteiger partial charge in [0.05, 0.1) is 44.2 Å². The molecule has 6 heteroatoms. The Hall–Kier alpha value is -1.27. The van der Waals surface area contributed by atoms with Crippen LogP contribution in [-0.4, -0.2) is 39.7 Å². The number of aromatic hydroxyl groups is 1. The summed E-state index contributed by atoms with van der Waals surface area (Å²) in [6, 6.07) is 0. The summed E-state index contributed by atoms with van der Waals surface area (Å²) in [7, 11) is 0. The van der Waals surface area contributed by atoms with E-state index in [2.05, 4.69) is 13.8 Å². The molecule has 2 fully saturated rings. The molecule has 0 saturated carbocycles. The number of rotatable bonds is 9. The number of nitrogens with zero attached hydrogens (tertiary/aromatic N) is 2. The van der Waals surface area contributed by atoms with Crippen molar-refractivity contribution in [1.82, 2.24) is 9.13 Å². The summed E-state index contributed by atoms with van der Waals surface area (Å²) in [5, 5.41) is 10.6. The van der Waals surface area contributed by atoms with Crippen molar-refractivity contribution in [2.75, 3.05) is 13.2 Å². The number of aromatic nitrogens is 2. The van der Waals surface area contributed by atoms with Gasteiger partial charge in [-0.05, 0) is 6.42 Å². The van der Waals surface area contributed by atoms with E-state index >= 15 is 0 Å². The van der Waals surface area contributed by atoms with Gasteiger partial charge in [-0.3, -0.25) is 9.13 Å². The molecule has 6 nitrogen and oxygen atoms in total. The normalized spacial score (nSPS) is 24.5. The van der Waals surface area contributed by atoms with Crippen LogP contribution in [0.15, 0.2) is 4.79 Å². The Labute approximate surface area is 130 Å². The van der Waals surface area contributed by atoms with E-state index in [1.807, 2.05) is 0 Å². The van der Waals surface area contributed by atoms with Gasteiger partial charge in [-0.1, -0.05) is 33.1 Å². The van der Waals surface area contributed by atoms with E-state index in [0.717, 1.165) is 18.5 Å². The quantitative estimate of drug-likeness (QED) is 0.558. The largest absolute Gasteiger partial charge is 0.493 e. The molecule has 0 amide bonds. The van der Waals surface area contributed by atoms with Crippen LogP contribution in [0.2, 0.25) is 0 Å². The Morgan fingerprint density at radius 2 is 1.77 bits per heavy atom. The summed E-state index contributed by atoms with van der Waals surface area (Å²) in [6.45, 7) is 6.62. The molecule has 22 heavy (non-hydrogen) atoms. The van der Waals surface area contributed by atoms with Crippen LogP contribution in [0.5, 0.6) is 5.88 Å². The maximum Gasteiger partial charge on any atom is 0.331 e. The van der Waals surface area contributed by atoms with Crippen molar-refractivity contribution >= 4 is 0 Å². The maximum absolute atomic E-state index is 12.6. The second-order valence-electron chi connectivity index (χ2n) is 6.52. The average Bonchev–Trinajstić information content (AvgIpc) is 3.37. The lowest BCUT2D eigenvalue weighted by molar-refractivity contribution is 0.351. The van der Waals surface area contributed by atoms with E-state index in [1.165, 1.54) is 17.4 Å². The molecule has 124 valence electrons. The third-order valence-corrected chi connectivity index (χ3v) is 4.52. The lowest BCUT2D eigenvalue weighted by atomic mass is 9.99. The van der Waals surface area contributed by atoms with Crippen LogP contribution in [0.4, 0.5) is 0 Å². The number of ether oxygens (including phenoxy) is 2. The third-order valence-electron chi connectivity index (χ3n) is 4.52. The number of hydrogen-bond donors (Lipinski definition) is 1. The molecule has 1 aromatic heterocycles. The molecule has 3 unspecified atom stereocenters. The van der Waals surface area contributed by atoms with Crippen LogP contribution < -0.4 is 5.69 Å². The molecule has 2 aliphatic heterocycles. The van der Waals surface area contributed by atoms with Gasteiger partial charge in [-0.15, -0.1) is 0 Å². The minimum Gasteiger partial charge on any atom is -0.493 e. The smallest absolute Gasteiger partial charge is 0.331 e. The third kappa shape index (κ3) is 3.38. The van der Waals surface area contributed by atoms with Crippen molar-refractivity contribution in [3.63, 3.8) is 0 Å². The van der Waals surface area contributed by atoms with Crippen LogP contribution in [0.3, 0.4) is 0 Å². The number of epoxide rings is 2. The highest BCUT2D eigenvalue weighted by atomic mass is 16.6. The van der Waals surface area contributed by atoms with E-state index in [1.54, 1.807) is 4.57 Å². The van der Waals surface area contributed by atoms with Gasteiger partial charge in [-0.25, -0.2) is 4.79 Å². The van der Waals surface area contributed by atoms with Crippen molar-refractivity contribution in [3.8, 4) is 5.88 Å². The second-order valence-corrected chi connectivity index (χ2v) is 6.52. The van der Waals surface area contributed by atoms with Crippen LogP contribution in [0.1, 0.15) is 51.1 Å². The first-order valence-electron chi connectivity index (χ1n) is 8.37. The monoisotopic (exact) mass is 310 g/mol. The molecule has 3 heterocycles. The summed E-state index contributed by atoms with van der Waals surface area (Å²) < 4.78 is 13.6. The summed E-state index contributed by atoms with van der Waals surface area (Å²) in [5.41, 5.74) is 0.623. The highest BCUT2D eigenvalue weighted by Gasteiger charge is 2.32. The number of imidazole rings is 1. The molecule has 0 aromatic carbocycles. The Kier molecular flexibility index (Phi) is 4.59. The van der Waals surface area contributed by atoms with Gasteiger partial charge in [0.2, 0.25) is 5.88 Å². The average molecular weight is 310 g/mol. The first-order valence-corrected chi connectivity index (χ1v) is 8.37. The number of unbranched alkanes of at least 4 members (excludes halogenated alkanes) is 2. The zero-order valence-electron chi connectivity index (χ0n) is 13.5. The summed E-state index contributed by atoms with van der Waals surface area (Å²) in [4.78, 5) is 12.6. The highest BCUT2D eigenvalue weighted by Crippen LogP contribution is 2.31. The van der Waals surface area contributed by atoms with Crippen LogP contribution >= 0.6 is 0 Å². The fraction of sp³-hybridized carbons (Fsp3) is 0.812. The molecule has 0 bridgehead atoms. The fourth-order valence-corrected chi connectivity index (χ4v) is 3.02. The molecule has 2 saturated heterocycles. The zero-order chi connectivity index (χ0) is 15.7. The van der Waals surface area contributed by atoms with Crippen molar-refractivity contribution in [3.05, 3.63) is 16.2 Å². The lowest BCUT2D eigenvalue weighted by Gasteiger charge is -2.14. The standard InChI is InChI=1S/C16H26N2O4/c1-3-4-5-6-11(2)14-15(19)18(8-13-10-22-13)16(20)17(14)7-12-9-21-12/h11-13,19H,3-10H2,1-2H3. The Morgan fingerprint density at radius 3 is 2.32 bits per heavy atom. The van der Waals surface area contributed by atoms with E-state index in [4.69, 9.17) is 9.47 Å². The van der Waals surface area contributed by atoms with E-state index < -0.39 is 0 Å². The minimum atomic E-state index is -0.138. The summed E-state index contributed by atoms with van der Waals surface area (Å²) >= 11 is 0. The predicted octanol–water partition coefficient (Wildman–Crippen LogP) is 1.84. The molecule has 1 aromatic rings.